The molecule has 0 saturated carbocycles. The molecule has 0 aromatic carbocycles. The van der Waals surface area contributed by atoms with Gasteiger partial charge in [0.15, 0.2) is 5.96 Å². The zero-order valence-corrected chi connectivity index (χ0v) is 11.5. The molecule has 0 atom stereocenters. The lowest BCUT2D eigenvalue weighted by Crippen LogP contribution is -2.40. The number of nitrogens with zero attached hydrogens (tertiary/aromatic N) is 2. The van der Waals surface area contributed by atoms with Gasteiger partial charge in [-0.05, 0) is 24.8 Å². The number of nitrogens with one attached hydrogen (secondary N) is 1. The molecule has 1 heterocycles. The first-order chi connectivity index (χ1) is 8.63. The number of thiophene rings is 1. The Bertz CT molecular complexity index is 352. The third kappa shape index (κ3) is 5.44. The third-order valence-electron chi connectivity index (χ3n) is 2.35. The van der Waals surface area contributed by atoms with Gasteiger partial charge in [-0.1, -0.05) is 6.07 Å². The summed E-state index contributed by atoms with van der Waals surface area (Å²) in [6.45, 7) is 2.90. The first kappa shape index (κ1) is 14.9. The minimum absolute atomic E-state index is 0.453. The topological polar surface area (TPSA) is 27.6 Å². The Kier molecular flexibility index (Phi) is 6.64. The van der Waals surface area contributed by atoms with Crippen LogP contribution >= 0.6 is 11.3 Å². The van der Waals surface area contributed by atoms with Crippen molar-refractivity contribution in [2.24, 2.45) is 4.99 Å². The average molecular weight is 275 g/mol. The molecule has 3 nitrogen and oxygen atoms in total. The first-order valence-corrected chi connectivity index (χ1v) is 6.81. The van der Waals surface area contributed by atoms with Crippen LogP contribution in [0.5, 0.6) is 0 Å². The number of guanidine groups is 1. The Labute approximate surface area is 111 Å². The molecule has 102 valence electrons. The molecule has 0 unspecified atom stereocenters. The van der Waals surface area contributed by atoms with Gasteiger partial charge in [0.25, 0.3) is 6.43 Å². The van der Waals surface area contributed by atoms with Gasteiger partial charge in [-0.3, -0.25) is 0 Å². The van der Waals surface area contributed by atoms with Crippen molar-refractivity contribution in [2.45, 2.75) is 19.8 Å². The normalized spacial score (nSPS) is 11.9. The molecule has 0 aliphatic carbocycles. The van der Waals surface area contributed by atoms with Crippen LogP contribution in [0.25, 0.3) is 0 Å². The molecular formula is C12H19F2N3S. The molecule has 0 amide bonds. The fourth-order valence-corrected chi connectivity index (χ4v) is 2.16. The van der Waals surface area contributed by atoms with E-state index in [0.717, 1.165) is 13.0 Å². The SMILES string of the molecule is CCNC(=NCC(F)F)N(C)CCc1cccs1. The van der Waals surface area contributed by atoms with Gasteiger partial charge < -0.3 is 10.2 Å². The second-order valence-corrected chi connectivity index (χ2v) is 4.87. The number of halogens is 2. The lowest BCUT2D eigenvalue weighted by atomic mass is 10.3. The molecule has 0 radical (unpaired) electrons. The van der Waals surface area contributed by atoms with Gasteiger partial charge in [-0.2, -0.15) is 0 Å². The molecule has 1 aromatic rings. The van der Waals surface area contributed by atoms with E-state index >= 15 is 0 Å². The second kappa shape index (κ2) is 8.02. The maximum Gasteiger partial charge on any atom is 0.257 e. The van der Waals surface area contributed by atoms with Gasteiger partial charge in [-0.25, -0.2) is 13.8 Å². The van der Waals surface area contributed by atoms with E-state index in [1.54, 1.807) is 11.3 Å². The summed E-state index contributed by atoms with van der Waals surface area (Å²) in [6.07, 6.45) is -1.50. The van der Waals surface area contributed by atoms with Crippen molar-refractivity contribution in [2.75, 3.05) is 26.7 Å². The van der Waals surface area contributed by atoms with Crippen LogP contribution in [-0.4, -0.2) is 44.0 Å². The summed E-state index contributed by atoms with van der Waals surface area (Å²) in [7, 11) is 1.86. The predicted molar refractivity (Wildman–Crippen MR) is 72.6 cm³/mol. The quantitative estimate of drug-likeness (QED) is 0.638. The summed E-state index contributed by atoms with van der Waals surface area (Å²) in [5.74, 6) is 0.536. The Morgan fingerprint density at radius 1 is 1.56 bits per heavy atom. The van der Waals surface area contributed by atoms with Crippen molar-refractivity contribution in [3.8, 4) is 0 Å². The molecule has 1 rings (SSSR count). The fraction of sp³-hybridized carbons (Fsp3) is 0.583. The van der Waals surface area contributed by atoms with E-state index in [1.807, 2.05) is 30.3 Å². The molecule has 1 N–H and O–H groups in total. The van der Waals surface area contributed by atoms with Crippen LogP contribution in [-0.2, 0) is 6.42 Å². The minimum Gasteiger partial charge on any atom is -0.357 e. The smallest absolute Gasteiger partial charge is 0.257 e. The number of alkyl halides is 2. The van der Waals surface area contributed by atoms with Crippen LogP contribution in [0, 0.1) is 0 Å². The molecule has 0 spiro atoms. The standard InChI is InChI=1S/C12H19F2N3S/c1-3-15-12(16-9-11(13)14)17(2)7-6-10-5-4-8-18-10/h4-5,8,11H,3,6-7,9H2,1-2H3,(H,15,16). The summed E-state index contributed by atoms with van der Waals surface area (Å²) in [4.78, 5) is 7.06. The minimum atomic E-state index is -2.40. The molecule has 18 heavy (non-hydrogen) atoms. The predicted octanol–water partition coefficient (Wildman–Crippen LogP) is 2.45. The van der Waals surface area contributed by atoms with Gasteiger partial charge in [0.2, 0.25) is 0 Å². The summed E-state index contributed by atoms with van der Waals surface area (Å²) >= 11 is 1.70. The molecule has 1 aromatic heterocycles. The van der Waals surface area contributed by atoms with Crippen molar-refractivity contribution < 1.29 is 8.78 Å². The molecule has 0 aliphatic rings. The molecule has 0 saturated heterocycles. The maximum atomic E-state index is 12.2. The van der Waals surface area contributed by atoms with E-state index in [4.69, 9.17) is 0 Å². The molecule has 6 heteroatoms. The van der Waals surface area contributed by atoms with Gasteiger partial charge in [0.1, 0.15) is 6.54 Å². The zero-order valence-electron chi connectivity index (χ0n) is 10.7. The summed E-state index contributed by atoms with van der Waals surface area (Å²) in [6, 6.07) is 4.08. The average Bonchev–Trinajstić information content (AvgIpc) is 2.84. The summed E-state index contributed by atoms with van der Waals surface area (Å²) in [5.41, 5.74) is 0. The first-order valence-electron chi connectivity index (χ1n) is 5.93. The highest BCUT2D eigenvalue weighted by Crippen LogP contribution is 2.09. The maximum absolute atomic E-state index is 12.2. The number of hydrogen-bond acceptors (Lipinski definition) is 2. The molecule has 0 bridgehead atoms. The number of aliphatic imine (C=N–C) groups is 1. The van der Waals surface area contributed by atoms with Crippen molar-refractivity contribution >= 4 is 17.3 Å². The van der Waals surface area contributed by atoms with Crippen molar-refractivity contribution in [3.05, 3.63) is 22.4 Å². The number of hydrogen-bond donors (Lipinski definition) is 1. The fourth-order valence-electron chi connectivity index (χ4n) is 1.46. The Morgan fingerprint density at radius 3 is 2.89 bits per heavy atom. The van der Waals surface area contributed by atoms with E-state index in [1.165, 1.54) is 4.88 Å². The largest absolute Gasteiger partial charge is 0.357 e. The van der Waals surface area contributed by atoms with Crippen LogP contribution < -0.4 is 5.32 Å². The van der Waals surface area contributed by atoms with Crippen molar-refractivity contribution in [1.82, 2.24) is 10.2 Å². The van der Waals surface area contributed by atoms with Gasteiger partial charge in [0, 0.05) is 25.0 Å². The highest BCUT2D eigenvalue weighted by molar-refractivity contribution is 7.09. The molecule has 0 fully saturated rings. The molecular weight excluding hydrogens is 256 g/mol. The third-order valence-corrected chi connectivity index (χ3v) is 3.29. The number of rotatable bonds is 6. The van der Waals surface area contributed by atoms with E-state index in [9.17, 15) is 8.78 Å². The lowest BCUT2D eigenvalue weighted by molar-refractivity contribution is 0.158. The Morgan fingerprint density at radius 2 is 2.33 bits per heavy atom. The van der Waals surface area contributed by atoms with E-state index in [2.05, 4.69) is 16.4 Å². The van der Waals surface area contributed by atoms with E-state index < -0.39 is 13.0 Å². The summed E-state index contributed by atoms with van der Waals surface area (Å²) in [5, 5.41) is 5.05. The highest BCUT2D eigenvalue weighted by atomic mass is 32.1. The van der Waals surface area contributed by atoms with Crippen LogP contribution in [0.3, 0.4) is 0 Å². The van der Waals surface area contributed by atoms with E-state index in [-0.39, 0.29) is 0 Å². The lowest BCUT2D eigenvalue weighted by Gasteiger charge is -2.21. The van der Waals surface area contributed by atoms with Crippen LogP contribution in [0.15, 0.2) is 22.5 Å². The monoisotopic (exact) mass is 275 g/mol. The zero-order chi connectivity index (χ0) is 13.4. The number of likely N-dealkylation sites (N-methyl/N-ethyl adjacent to an activating group) is 1. The van der Waals surface area contributed by atoms with Crippen molar-refractivity contribution in [1.29, 1.82) is 0 Å². The molecule has 0 aliphatic heterocycles. The Hall–Kier alpha value is -1.17. The van der Waals surface area contributed by atoms with Gasteiger partial charge in [-0.15, -0.1) is 11.3 Å². The Balaban J connectivity index is 2.48. The summed E-state index contributed by atoms with van der Waals surface area (Å²) < 4.78 is 24.3. The van der Waals surface area contributed by atoms with E-state index in [0.29, 0.717) is 12.5 Å². The highest BCUT2D eigenvalue weighted by Gasteiger charge is 2.08. The van der Waals surface area contributed by atoms with Crippen LogP contribution in [0.2, 0.25) is 0 Å². The second-order valence-electron chi connectivity index (χ2n) is 3.84. The van der Waals surface area contributed by atoms with Crippen molar-refractivity contribution in [3.63, 3.8) is 0 Å². The van der Waals surface area contributed by atoms with Gasteiger partial charge in [0.05, 0.1) is 0 Å². The van der Waals surface area contributed by atoms with Gasteiger partial charge >= 0.3 is 0 Å². The van der Waals surface area contributed by atoms with Crippen LogP contribution in [0.1, 0.15) is 11.8 Å². The van der Waals surface area contributed by atoms with Crippen LogP contribution in [0.4, 0.5) is 8.78 Å².